The second-order valence-electron chi connectivity index (χ2n) is 17.9. The highest BCUT2D eigenvalue weighted by atomic mass is 14.4. The fourth-order valence-corrected chi connectivity index (χ4v) is 10.0. The van der Waals surface area contributed by atoms with Gasteiger partial charge in [-0.1, -0.05) is 241 Å². The minimum atomic E-state index is 0.0514. The second-order valence-corrected chi connectivity index (χ2v) is 17.9. The normalized spacial score (nSPS) is 16.5. The summed E-state index contributed by atoms with van der Waals surface area (Å²) in [7, 11) is 0. The third-order valence-corrected chi connectivity index (χ3v) is 13.4. The Morgan fingerprint density at radius 2 is 1.23 bits per heavy atom. The molecule has 0 aliphatic heterocycles. The van der Waals surface area contributed by atoms with Crippen LogP contribution in [0.15, 0.2) is 206 Å². The zero-order chi connectivity index (χ0) is 44.6. The molecule has 0 saturated heterocycles. The Labute approximate surface area is 383 Å². The summed E-state index contributed by atoms with van der Waals surface area (Å²) < 4.78 is 0. The average Bonchev–Trinajstić information content (AvgIpc) is 3.57. The topological polar surface area (TPSA) is 0 Å². The molecule has 0 aromatic heterocycles. The van der Waals surface area contributed by atoms with Crippen LogP contribution in [0.4, 0.5) is 0 Å². The van der Waals surface area contributed by atoms with Crippen LogP contribution in [0, 0.1) is 13.8 Å². The van der Waals surface area contributed by atoms with E-state index in [0.717, 1.165) is 12.8 Å². The van der Waals surface area contributed by atoms with Gasteiger partial charge in [0, 0.05) is 17.3 Å². The van der Waals surface area contributed by atoms with Gasteiger partial charge in [-0.25, -0.2) is 0 Å². The molecule has 0 saturated carbocycles. The third kappa shape index (κ3) is 9.11. The van der Waals surface area contributed by atoms with E-state index in [-0.39, 0.29) is 5.41 Å². The fraction of sp³-hybridized carbons (Fsp3) is 0.219. The standard InChI is InChI=1S/C36H30.C17H16.C9H12.C2H6/c1-23-12-18-31-32-19-17-26(22-35(32)36(2,3)34(31)20-23)24-13-15-25(16-14-24)33-21-27-8-4-5-9-28(27)29-10-6-7-11-30(29)33;1-13-11-12-16(14-7-3-2-4-8-14)17-10-6-5-9-15(13)17;1-2-6-9-7-4-3-5-8-9;1-2/h4-16,18-22,26H,17H2,1-3H3;2-7,9-12,14H,8H2,1H3;3-5,7-8H,2,6H2,1H3;1-2H3. The van der Waals surface area contributed by atoms with Crippen molar-refractivity contribution in [3.63, 3.8) is 0 Å². The largest absolute Gasteiger partial charge is 0.0836 e. The predicted molar refractivity (Wildman–Crippen MR) is 281 cm³/mol. The van der Waals surface area contributed by atoms with Gasteiger partial charge in [0.2, 0.25) is 0 Å². The van der Waals surface area contributed by atoms with Crippen LogP contribution in [0.5, 0.6) is 0 Å². The van der Waals surface area contributed by atoms with Crippen molar-refractivity contribution in [2.24, 2.45) is 0 Å². The van der Waals surface area contributed by atoms with E-state index in [2.05, 4.69) is 235 Å². The monoisotopic (exact) mass is 833 g/mol. The number of fused-ring (bicyclic) bond motifs is 7. The van der Waals surface area contributed by atoms with Crippen molar-refractivity contribution in [2.75, 3.05) is 0 Å². The molecule has 320 valence electrons. The Kier molecular flexibility index (Phi) is 13.7. The first kappa shape index (κ1) is 44.1. The van der Waals surface area contributed by atoms with Crippen molar-refractivity contribution in [3.8, 4) is 11.1 Å². The predicted octanol–water partition coefficient (Wildman–Crippen LogP) is 18.2. The zero-order valence-corrected chi connectivity index (χ0v) is 39.0. The van der Waals surface area contributed by atoms with Gasteiger partial charge in [0.1, 0.15) is 0 Å². The lowest BCUT2D eigenvalue weighted by Crippen LogP contribution is -2.17. The molecule has 0 fully saturated rings. The van der Waals surface area contributed by atoms with Crippen molar-refractivity contribution >= 4 is 37.9 Å². The van der Waals surface area contributed by atoms with Gasteiger partial charge in [-0.15, -0.1) is 0 Å². The summed E-state index contributed by atoms with van der Waals surface area (Å²) in [6.07, 6.45) is 18.5. The lowest BCUT2D eigenvalue weighted by molar-refractivity contribution is 0.647. The van der Waals surface area contributed by atoms with E-state index in [1.54, 1.807) is 0 Å². The van der Waals surface area contributed by atoms with Gasteiger partial charge in [0.05, 0.1) is 0 Å². The van der Waals surface area contributed by atoms with Crippen LogP contribution >= 0.6 is 0 Å². The number of hydrogen-bond acceptors (Lipinski definition) is 0. The first-order valence-corrected chi connectivity index (χ1v) is 23.7. The van der Waals surface area contributed by atoms with E-state index in [9.17, 15) is 0 Å². The third-order valence-electron chi connectivity index (χ3n) is 13.4. The molecule has 3 aliphatic carbocycles. The Balaban J connectivity index is 0.000000164. The Morgan fingerprint density at radius 1 is 0.562 bits per heavy atom. The summed E-state index contributed by atoms with van der Waals surface area (Å²) in [5.74, 6) is 0.950. The summed E-state index contributed by atoms with van der Waals surface area (Å²) in [4.78, 5) is 0. The number of aryl methyl sites for hydroxylation is 3. The maximum absolute atomic E-state index is 2.55. The molecule has 2 atom stereocenters. The zero-order valence-electron chi connectivity index (χ0n) is 39.0. The molecule has 11 rings (SSSR count). The molecule has 2 unspecified atom stereocenters. The molecule has 0 bridgehead atoms. The van der Waals surface area contributed by atoms with E-state index in [1.165, 1.54) is 106 Å². The van der Waals surface area contributed by atoms with Crippen LogP contribution in [0.2, 0.25) is 0 Å². The van der Waals surface area contributed by atoms with Gasteiger partial charge in [0.15, 0.2) is 0 Å². The van der Waals surface area contributed by atoms with Gasteiger partial charge >= 0.3 is 0 Å². The molecule has 0 nitrogen and oxygen atoms in total. The summed E-state index contributed by atoms with van der Waals surface area (Å²) in [6, 6.07) is 60.0. The average molecular weight is 833 g/mol. The highest BCUT2D eigenvalue weighted by Gasteiger charge is 2.39. The SMILES string of the molecule is CC.CCCc1ccccc1.Cc1ccc(C2C=CC=CC2)c2ccccc12.Cc1ccc2c(c1)C(C)(C)C1=CC(c3ccc(-c4cc5ccccc5c5ccccc45)cc3)CC=C12. The summed E-state index contributed by atoms with van der Waals surface area (Å²) in [6.45, 7) is 15.3. The first-order valence-electron chi connectivity index (χ1n) is 23.7. The van der Waals surface area contributed by atoms with Crippen LogP contribution in [0.3, 0.4) is 0 Å². The molecular weight excluding hydrogens is 769 g/mol. The molecule has 3 aliphatic rings. The van der Waals surface area contributed by atoms with Crippen molar-refractivity contribution in [1.29, 1.82) is 0 Å². The molecule has 8 aromatic carbocycles. The van der Waals surface area contributed by atoms with Crippen LogP contribution in [-0.2, 0) is 11.8 Å². The maximum Gasteiger partial charge on any atom is 0.0155 e. The highest BCUT2D eigenvalue weighted by molar-refractivity contribution is 6.13. The minimum absolute atomic E-state index is 0.0514. The molecule has 0 radical (unpaired) electrons. The highest BCUT2D eigenvalue weighted by Crippen LogP contribution is 2.53. The van der Waals surface area contributed by atoms with Crippen LogP contribution in [0.1, 0.15) is 105 Å². The lowest BCUT2D eigenvalue weighted by Gasteiger charge is -2.27. The fourth-order valence-electron chi connectivity index (χ4n) is 10.0. The van der Waals surface area contributed by atoms with Crippen molar-refractivity contribution in [3.05, 3.63) is 245 Å². The summed E-state index contributed by atoms with van der Waals surface area (Å²) in [5.41, 5.74) is 15.5. The van der Waals surface area contributed by atoms with E-state index >= 15 is 0 Å². The number of allylic oxidation sites excluding steroid dienone is 8. The minimum Gasteiger partial charge on any atom is -0.0836 e. The van der Waals surface area contributed by atoms with E-state index in [0.29, 0.717) is 11.8 Å². The van der Waals surface area contributed by atoms with Gasteiger partial charge < -0.3 is 0 Å². The van der Waals surface area contributed by atoms with Gasteiger partial charge in [-0.3, -0.25) is 0 Å². The second kappa shape index (κ2) is 19.9. The van der Waals surface area contributed by atoms with Crippen molar-refractivity contribution in [2.45, 2.75) is 91.4 Å². The number of benzene rings is 8. The molecule has 64 heavy (non-hydrogen) atoms. The van der Waals surface area contributed by atoms with Crippen molar-refractivity contribution in [1.82, 2.24) is 0 Å². The van der Waals surface area contributed by atoms with E-state index < -0.39 is 0 Å². The maximum atomic E-state index is 2.55. The lowest BCUT2D eigenvalue weighted by atomic mass is 9.77. The molecule has 0 amide bonds. The summed E-state index contributed by atoms with van der Waals surface area (Å²) in [5, 5.41) is 8.04. The van der Waals surface area contributed by atoms with Crippen LogP contribution < -0.4 is 0 Å². The quantitative estimate of drug-likeness (QED) is 0.152. The van der Waals surface area contributed by atoms with Crippen molar-refractivity contribution < 1.29 is 0 Å². The van der Waals surface area contributed by atoms with Crippen LogP contribution in [0.25, 0.3) is 49.0 Å². The van der Waals surface area contributed by atoms with E-state index in [1.807, 2.05) is 13.8 Å². The Bertz CT molecular complexity index is 3000. The summed E-state index contributed by atoms with van der Waals surface area (Å²) >= 11 is 0. The van der Waals surface area contributed by atoms with Gasteiger partial charge in [-0.2, -0.15) is 0 Å². The Hall–Kier alpha value is -6.50. The number of hydrogen-bond donors (Lipinski definition) is 0. The van der Waals surface area contributed by atoms with E-state index in [4.69, 9.17) is 0 Å². The molecular formula is C64H64. The van der Waals surface area contributed by atoms with Gasteiger partial charge in [0.25, 0.3) is 0 Å². The molecule has 0 heterocycles. The van der Waals surface area contributed by atoms with Gasteiger partial charge in [-0.05, 0) is 127 Å². The van der Waals surface area contributed by atoms with Crippen LogP contribution in [-0.4, -0.2) is 0 Å². The molecule has 0 heteroatoms. The smallest absolute Gasteiger partial charge is 0.0155 e. The molecule has 8 aromatic rings. The molecule has 0 N–H and O–H groups in total. The Morgan fingerprint density at radius 3 is 1.95 bits per heavy atom. The number of rotatable bonds is 5. The molecule has 0 spiro atoms. The first-order chi connectivity index (χ1) is 31.3.